The van der Waals surface area contributed by atoms with Gasteiger partial charge in [-0.3, -0.25) is 9.32 Å². The van der Waals surface area contributed by atoms with Gasteiger partial charge in [0.05, 0.1) is 18.9 Å². The normalized spacial score (nSPS) is 25.9. The smallest absolute Gasteiger partial charge is 0.461 e. The summed E-state index contributed by atoms with van der Waals surface area (Å²) in [5.41, 5.74) is 12.5. The van der Waals surface area contributed by atoms with Gasteiger partial charge < -0.3 is 34.9 Å². The van der Waals surface area contributed by atoms with Crippen molar-refractivity contribution in [3.05, 3.63) is 54.5 Å². The van der Waals surface area contributed by atoms with Crippen LogP contribution in [0.3, 0.4) is 0 Å². The van der Waals surface area contributed by atoms with Crippen molar-refractivity contribution in [3.8, 4) is 5.75 Å². The lowest BCUT2D eigenvalue weighted by Crippen LogP contribution is -2.47. The molecule has 46 heavy (non-hydrogen) atoms. The van der Waals surface area contributed by atoms with Crippen LogP contribution in [0.4, 0.5) is 5.82 Å². The zero-order chi connectivity index (χ0) is 33.3. The number of fused-ring (bicyclic) bond motifs is 2. The van der Waals surface area contributed by atoms with Gasteiger partial charge >= 0.3 is 13.7 Å². The van der Waals surface area contributed by atoms with Crippen LogP contribution in [0.5, 0.6) is 5.75 Å². The number of benzene rings is 1. The first-order valence-corrected chi connectivity index (χ1v) is 17.1. The first-order valence-electron chi connectivity index (χ1n) is 15.6. The number of nitrogens with zero attached hydrogens (tertiary/aromatic N) is 4. The molecule has 2 fully saturated rings. The number of para-hydroxylation sites is 1. The second-order valence-corrected chi connectivity index (χ2v) is 14.2. The highest BCUT2D eigenvalue weighted by molar-refractivity contribution is 7.51. The highest BCUT2D eigenvalue weighted by atomic mass is 31.2. The average molecular weight is 661 g/mol. The average Bonchev–Trinajstić information content (AvgIpc) is 3.71. The van der Waals surface area contributed by atoms with Gasteiger partial charge in [-0.1, -0.05) is 44.9 Å². The van der Waals surface area contributed by atoms with Crippen LogP contribution in [-0.2, 0) is 38.4 Å². The minimum Gasteiger partial charge on any atom is -0.464 e. The molecule has 252 valence electrons. The maximum absolute atomic E-state index is 14.6. The van der Waals surface area contributed by atoms with Crippen molar-refractivity contribution in [2.45, 2.75) is 83.2 Å². The van der Waals surface area contributed by atoms with Crippen LogP contribution >= 0.6 is 7.75 Å². The number of nitrogen functional groups attached to an aromatic ring is 1. The van der Waals surface area contributed by atoms with Gasteiger partial charge in [-0.25, -0.2) is 14.1 Å². The molecule has 6 atom stereocenters. The number of hydrogen-bond donors (Lipinski definition) is 2. The van der Waals surface area contributed by atoms with Crippen molar-refractivity contribution in [3.63, 3.8) is 0 Å². The molecule has 2 aliphatic heterocycles. The zero-order valence-electron chi connectivity index (χ0n) is 27.2. The number of hydrogen-bond acceptors (Lipinski definition) is 12. The number of carbonyl (C=O) groups excluding carboxylic acids is 1. The molecule has 1 aromatic carbocycles. The minimum absolute atomic E-state index is 0.00239. The minimum atomic E-state index is -4.20. The fraction of sp³-hybridized carbons (Fsp3) is 0.581. The molecule has 0 aliphatic carbocycles. The van der Waals surface area contributed by atoms with Gasteiger partial charge in [0.2, 0.25) is 0 Å². The monoisotopic (exact) mass is 660 g/mol. The number of aromatic nitrogens is 3. The Labute approximate surface area is 269 Å². The molecule has 0 spiro atoms. The molecule has 3 aromatic rings. The van der Waals surface area contributed by atoms with Crippen molar-refractivity contribution in [1.29, 1.82) is 0 Å². The number of likely N-dealkylation sites (N-methyl/N-ethyl adjacent to an activating group) is 1. The third-order valence-electron chi connectivity index (χ3n) is 8.81. The molecular formula is C31H45N6O8P. The summed E-state index contributed by atoms with van der Waals surface area (Å²) in [4.78, 5) is 17.2. The molecule has 0 amide bonds. The quantitative estimate of drug-likeness (QED) is 0.188. The SMILES string of the molecule is CCC(CC)COC(=O)[C@H](C)N(C)[P@](=O)(OC[C@H]1O[C@@](CN)(c2ccc3c(N)ncnn23)C2OC(C)(C)OC21)Oc1ccccc1. The van der Waals surface area contributed by atoms with E-state index in [1.165, 1.54) is 18.0 Å². The summed E-state index contributed by atoms with van der Waals surface area (Å²) in [5.74, 6) is -0.687. The lowest BCUT2D eigenvalue weighted by Gasteiger charge is -2.34. The van der Waals surface area contributed by atoms with Gasteiger partial charge in [-0.15, -0.1) is 0 Å². The van der Waals surface area contributed by atoms with Crippen molar-refractivity contribution in [1.82, 2.24) is 19.3 Å². The second kappa shape index (κ2) is 13.6. The Kier molecular flexibility index (Phi) is 10.1. The van der Waals surface area contributed by atoms with Gasteiger partial charge in [-0.05, 0) is 58.0 Å². The van der Waals surface area contributed by atoms with E-state index in [1.807, 2.05) is 26.0 Å². The van der Waals surface area contributed by atoms with E-state index in [0.717, 1.165) is 12.8 Å². The van der Waals surface area contributed by atoms with E-state index in [2.05, 4.69) is 10.1 Å². The second-order valence-electron chi connectivity index (χ2n) is 12.2. The fourth-order valence-corrected chi connectivity index (χ4v) is 7.48. The molecule has 4 heterocycles. The van der Waals surface area contributed by atoms with E-state index in [0.29, 0.717) is 22.8 Å². The molecule has 0 saturated carbocycles. The lowest BCUT2D eigenvalue weighted by molar-refractivity contribution is -0.213. The standard InChI is InChI=1S/C31H45N6O8P/c1-7-21(8-2)16-40-29(38)20(3)36(6)46(39,45-22-12-10-9-11-13-22)41-17-24-26-27(44-30(4,5)43-26)31(18-32,42-24)25-15-14-23-28(33)34-19-35-37(23)25/h9-15,19-21,24,26-27H,7-8,16-18,32H2,1-6H3,(H2,33,34,35)/t20-,24+,26?,27?,31-,46-/m0/s1. The summed E-state index contributed by atoms with van der Waals surface area (Å²) in [6.45, 7) is 9.32. The topological polar surface area (TPSA) is 175 Å². The number of ether oxygens (including phenoxy) is 4. The van der Waals surface area contributed by atoms with Crippen molar-refractivity contribution in [2.24, 2.45) is 11.7 Å². The summed E-state index contributed by atoms with van der Waals surface area (Å²) in [6, 6.07) is 11.3. The van der Waals surface area contributed by atoms with Crippen LogP contribution in [0.2, 0.25) is 0 Å². The van der Waals surface area contributed by atoms with Crippen molar-refractivity contribution < 1.29 is 37.4 Å². The van der Waals surface area contributed by atoms with Gasteiger partial charge in [0.1, 0.15) is 41.9 Å². The Morgan fingerprint density at radius 2 is 1.85 bits per heavy atom. The molecule has 5 rings (SSSR count). The molecular weight excluding hydrogens is 615 g/mol. The molecule has 0 bridgehead atoms. The molecule has 2 aromatic heterocycles. The molecule has 2 unspecified atom stereocenters. The van der Waals surface area contributed by atoms with E-state index in [-0.39, 0.29) is 25.7 Å². The highest BCUT2D eigenvalue weighted by Crippen LogP contribution is 2.54. The van der Waals surface area contributed by atoms with E-state index in [1.54, 1.807) is 55.6 Å². The van der Waals surface area contributed by atoms with Gasteiger partial charge in [0.15, 0.2) is 17.2 Å². The maximum Gasteiger partial charge on any atom is 0.461 e. The predicted molar refractivity (Wildman–Crippen MR) is 170 cm³/mol. The van der Waals surface area contributed by atoms with Gasteiger partial charge in [0, 0.05) is 6.54 Å². The molecule has 0 radical (unpaired) electrons. The van der Waals surface area contributed by atoms with Gasteiger partial charge in [0.25, 0.3) is 0 Å². The largest absolute Gasteiger partial charge is 0.464 e. The highest BCUT2D eigenvalue weighted by Gasteiger charge is 2.64. The summed E-state index contributed by atoms with van der Waals surface area (Å²) in [6.07, 6.45) is 0.953. The van der Waals surface area contributed by atoms with Crippen LogP contribution in [0, 0.1) is 5.92 Å². The Bertz CT molecular complexity index is 1550. The molecule has 15 heteroatoms. The summed E-state index contributed by atoms with van der Waals surface area (Å²) in [7, 11) is -2.69. The zero-order valence-corrected chi connectivity index (χ0v) is 28.1. The van der Waals surface area contributed by atoms with Crippen LogP contribution < -0.4 is 16.0 Å². The Balaban J connectivity index is 1.43. The van der Waals surface area contributed by atoms with Crippen LogP contribution in [0.25, 0.3) is 5.52 Å². The molecule has 2 saturated heterocycles. The van der Waals surface area contributed by atoms with Crippen LogP contribution in [0.15, 0.2) is 48.8 Å². The van der Waals surface area contributed by atoms with E-state index in [4.69, 9.17) is 39.5 Å². The third-order valence-corrected chi connectivity index (χ3v) is 10.8. The van der Waals surface area contributed by atoms with Crippen molar-refractivity contribution in [2.75, 3.05) is 32.5 Å². The van der Waals surface area contributed by atoms with E-state index in [9.17, 15) is 9.36 Å². The lowest BCUT2D eigenvalue weighted by atomic mass is 9.91. The number of rotatable bonds is 14. The number of carbonyl (C=O) groups is 1. The summed E-state index contributed by atoms with van der Waals surface area (Å²) >= 11 is 0. The predicted octanol–water partition coefficient (Wildman–Crippen LogP) is 3.89. The number of esters is 1. The van der Waals surface area contributed by atoms with Crippen LogP contribution in [0.1, 0.15) is 53.2 Å². The summed E-state index contributed by atoms with van der Waals surface area (Å²) < 4.78 is 54.6. The van der Waals surface area contributed by atoms with Crippen molar-refractivity contribution >= 4 is 25.1 Å². The third kappa shape index (κ3) is 6.52. The van der Waals surface area contributed by atoms with Gasteiger partial charge in [-0.2, -0.15) is 9.77 Å². The summed E-state index contributed by atoms with van der Waals surface area (Å²) in [5, 5.41) is 4.39. The van der Waals surface area contributed by atoms with Crippen LogP contribution in [-0.4, -0.2) is 82.2 Å². The number of nitrogens with two attached hydrogens (primary N) is 2. The first-order chi connectivity index (χ1) is 21.9. The first kappa shape index (κ1) is 34.2. The molecule has 4 N–H and O–H groups in total. The Hall–Kier alpha value is -3.10. The Morgan fingerprint density at radius 1 is 1.13 bits per heavy atom. The maximum atomic E-state index is 14.6. The number of anilines is 1. The molecule has 2 aliphatic rings. The Morgan fingerprint density at radius 3 is 2.52 bits per heavy atom. The van der Waals surface area contributed by atoms with E-state index >= 15 is 0 Å². The van der Waals surface area contributed by atoms with E-state index < -0.39 is 49.5 Å². The molecule has 14 nitrogen and oxygen atoms in total. The fourth-order valence-electron chi connectivity index (χ4n) is 5.88.